The van der Waals surface area contributed by atoms with Crippen LogP contribution in [0.1, 0.15) is 55.3 Å². The van der Waals surface area contributed by atoms with E-state index < -0.39 is 0 Å². The van der Waals surface area contributed by atoms with Crippen molar-refractivity contribution in [1.29, 1.82) is 0 Å². The molecule has 2 aliphatic rings. The molecule has 1 aromatic heterocycles. The molecule has 2 N–H and O–H groups in total. The molecule has 4 rings (SSSR count). The molecule has 0 bridgehead atoms. The monoisotopic (exact) mass is 382 g/mol. The van der Waals surface area contributed by atoms with Gasteiger partial charge in [-0.3, -0.25) is 9.78 Å². The summed E-state index contributed by atoms with van der Waals surface area (Å²) in [6, 6.07) is 10.3. The second-order valence-electron chi connectivity index (χ2n) is 8.22. The van der Waals surface area contributed by atoms with Crippen LogP contribution in [0.3, 0.4) is 0 Å². The predicted molar refractivity (Wildman–Crippen MR) is 110 cm³/mol. The molecule has 0 spiro atoms. The first-order valence-corrected chi connectivity index (χ1v) is 10.5. The van der Waals surface area contributed by atoms with Gasteiger partial charge in [0.15, 0.2) is 0 Å². The maximum absolute atomic E-state index is 11.2. The van der Waals surface area contributed by atoms with Gasteiger partial charge < -0.3 is 5.73 Å². The molecule has 142 valence electrons. The van der Waals surface area contributed by atoms with Crippen LogP contribution in [0.15, 0.2) is 30.3 Å². The van der Waals surface area contributed by atoms with Gasteiger partial charge in [-0.1, -0.05) is 23.7 Å². The number of carbonyl (C=O) groups is 1. The van der Waals surface area contributed by atoms with Crippen LogP contribution in [-0.2, 0) is 24.1 Å². The van der Waals surface area contributed by atoms with E-state index in [2.05, 4.69) is 12.1 Å². The number of hydrogen-bond donors (Lipinski definition) is 1. The van der Waals surface area contributed by atoms with Crippen LogP contribution < -0.4 is 5.73 Å². The van der Waals surface area contributed by atoms with Crippen molar-refractivity contribution in [2.24, 2.45) is 17.6 Å². The summed E-state index contributed by atoms with van der Waals surface area (Å²) in [4.78, 5) is 16.1. The highest BCUT2D eigenvalue weighted by Crippen LogP contribution is 2.36. The van der Waals surface area contributed by atoms with Gasteiger partial charge >= 0.3 is 0 Å². The molecule has 1 fully saturated rings. The number of nitrogens with two attached hydrogens (primary N) is 1. The number of aryl methyl sites for hydroxylation is 1. The number of nitrogens with zero attached hydrogens (tertiary/aromatic N) is 1. The fourth-order valence-electron chi connectivity index (χ4n) is 4.84. The first kappa shape index (κ1) is 18.5. The number of amides is 1. The first-order valence-electron chi connectivity index (χ1n) is 10.1. The van der Waals surface area contributed by atoms with Crippen molar-refractivity contribution in [2.75, 3.05) is 0 Å². The summed E-state index contributed by atoms with van der Waals surface area (Å²) in [6.45, 7) is 0. The van der Waals surface area contributed by atoms with E-state index in [1.54, 1.807) is 0 Å². The van der Waals surface area contributed by atoms with Crippen molar-refractivity contribution in [3.63, 3.8) is 0 Å². The Labute approximate surface area is 166 Å². The van der Waals surface area contributed by atoms with E-state index in [0.717, 1.165) is 48.4 Å². The van der Waals surface area contributed by atoms with Crippen molar-refractivity contribution < 1.29 is 4.79 Å². The number of fused-ring (bicyclic) bond motifs is 1. The zero-order valence-corrected chi connectivity index (χ0v) is 16.5. The largest absolute Gasteiger partial charge is 0.370 e. The minimum Gasteiger partial charge on any atom is -0.370 e. The van der Waals surface area contributed by atoms with Gasteiger partial charge in [0, 0.05) is 22.7 Å². The Hall–Kier alpha value is -1.87. The SMILES string of the molecule is NC(=O)CC1CCC(Cc2cc(-c3cccc(Cl)c3)nc3c2CCC3)CC1. The third kappa shape index (κ3) is 4.35. The van der Waals surface area contributed by atoms with E-state index >= 15 is 0 Å². The van der Waals surface area contributed by atoms with E-state index in [1.165, 1.54) is 36.1 Å². The maximum atomic E-state index is 11.2. The maximum Gasteiger partial charge on any atom is 0.217 e. The topological polar surface area (TPSA) is 56.0 Å². The molecule has 2 aromatic rings. The van der Waals surface area contributed by atoms with E-state index in [-0.39, 0.29) is 5.91 Å². The minimum atomic E-state index is -0.156. The van der Waals surface area contributed by atoms with Gasteiger partial charge in [0.2, 0.25) is 5.91 Å². The lowest BCUT2D eigenvalue weighted by molar-refractivity contribution is -0.119. The smallest absolute Gasteiger partial charge is 0.217 e. The van der Waals surface area contributed by atoms with Crippen LogP contribution in [-0.4, -0.2) is 10.9 Å². The average molecular weight is 383 g/mol. The third-order valence-electron chi connectivity index (χ3n) is 6.23. The molecule has 1 saturated carbocycles. The highest BCUT2D eigenvalue weighted by Gasteiger charge is 2.25. The van der Waals surface area contributed by atoms with E-state index in [1.807, 2.05) is 18.2 Å². The van der Waals surface area contributed by atoms with Crippen molar-refractivity contribution in [3.05, 3.63) is 52.2 Å². The normalized spacial score (nSPS) is 21.8. The highest BCUT2D eigenvalue weighted by molar-refractivity contribution is 6.30. The van der Waals surface area contributed by atoms with E-state index in [0.29, 0.717) is 18.3 Å². The van der Waals surface area contributed by atoms with Crippen molar-refractivity contribution >= 4 is 17.5 Å². The zero-order chi connectivity index (χ0) is 18.8. The lowest BCUT2D eigenvalue weighted by Crippen LogP contribution is -2.22. The van der Waals surface area contributed by atoms with Gasteiger partial charge in [-0.25, -0.2) is 0 Å². The van der Waals surface area contributed by atoms with Crippen LogP contribution in [0.2, 0.25) is 5.02 Å². The molecular formula is C23H27ClN2O. The average Bonchev–Trinajstić information content (AvgIpc) is 3.12. The molecular weight excluding hydrogens is 356 g/mol. The third-order valence-corrected chi connectivity index (χ3v) is 6.46. The summed E-state index contributed by atoms with van der Waals surface area (Å²) in [5.74, 6) is 1.04. The minimum absolute atomic E-state index is 0.156. The van der Waals surface area contributed by atoms with Gasteiger partial charge in [-0.05, 0) is 92.5 Å². The quantitative estimate of drug-likeness (QED) is 0.780. The van der Waals surface area contributed by atoms with Gasteiger partial charge in [-0.2, -0.15) is 0 Å². The fourth-order valence-corrected chi connectivity index (χ4v) is 5.03. The van der Waals surface area contributed by atoms with Crippen molar-refractivity contribution in [3.8, 4) is 11.3 Å². The summed E-state index contributed by atoms with van der Waals surface area (Å²) < 4.78 is 0. The van der Waals surface area contributed by atoms with Gasteiger partial charge in [0.25, 0.3) is 0 Å². The standard InChI is InChI=1S/C23H27ClN2O/c24-19-4-1-3-17(13-19)22-14-18(20-5-2-6-21(20)26-22)11-15-7-9-16(10-8-15)12-23(25)27/h1,3-4,13-16H,2,5-12H2,(H2,25,27). The Morgan fingerprint density at radius 2 is 1.89 bits per heavy atom. The molecule has 0 saturated heterocycles. The van der Waals surface area contributed by atoms with Crippen LogP contribution in [0.5, 0.6) is 0 Å². The molecule has 0 unspecified atom stereocenters. The number of pyridine rings is 1. The molecule has 1 amide bonds. The fraction of sp³-hybridized carbons (Fsp3) is 0.478. The van der Waals surface area contributed by atoms with Crippen LogP contribution in [0.25, 0.3) is 11.3 Å². The summed E-state index contributed by atoms with van der Waals surface area (Å²) in [5, 5.41) is 0.754. The first-order chi connectivity index (χ1) is 13.1. The zero-order valence-electron chi connectivity index (χ0n) is 15.7. The molecule has 0 atom stereocenters. The molecule has 0 radical (unpaired) electrons. The second kappa shape index (κ2) is 8.02. The highest BCUT2D eigenvalue weighted by atomic mass is 35.5. The van der Waals surface area contributed by atoms with Crippen molar-refractivity contribution in [1.82, 2.24) is 4.98 Å². The van der Waals surface area contributed by atoms with Crippen LogP contribution in [0.4, 0.5) is 0 Å². The molecule has 1 aromatic carbocycles. The Bertz CT molecular complexity index is 840. The number of rotatable bonds is 5. The summed E-state index contributed by atoms with van der Waals surface area (Å²) >= 11 is 6.20. The van der Waals surface area contributed by atoms with Gasteiger partial charge in [0.05, 0.1) is 5.69 Å². The van der Waals surface area contributed by atoms with Crippen LogP contribution >= 0.6 is 11.6 Å². The Balaban J connectivity index is 1.53. The van der Waals surface area contributed by atoms with E-state index in [4.69, 9.17) is 22.3 Å². The number of halogens is 1. The Kier molecular flexibility index (Phi) is 5.49. The molecule has 1 heterocycles. The molecule has 27 heavy (non-hydrogen) atoms. The number of carbonyl (C=O) groups excluding carboxylic acids is 1. The molecule has 3 nitrogen and oxygen atoms in total. The Morgan fingerprint density at radius 1 is 1.11 bits per heavy atom. The molecule has 2 aliphatic carbocycles. The van der Waals surface area contributed by atoms with Gasteiger partial charge in [-0.15, -0.1) is 0 Å². The number of benzene rings is 1. The number of aromatic nitrogens is 1. The van der Waals surface area contributed by atoms with Crippen LogP contribution in [0, 0.1) is 11.8 Å². The summed E-state index contributed by atoms with van der Waals surface area (Å²) in [7, 11) is 0. The molecule has 0 aliphatic heterocycles. The lowest BCUT2D eigenvalue weighted by atomic mass is 9.77. The summed E-state index contributed by atoms with van der Waals surface area (Å²) in [5.41, 5.74) is 11.8. The number of hydrogen-bond acceptors (Lipinski definition) is 2. The predicted octanol–water partition coefficient (Wildman–Crippen LogP) is 5.12. The van der Waals surface area contributed by atoms with Gasteiger partial charge in [0.1, 0.15) is 0 Å². The van der Waals surface area contributed by atoms with Crippen molar-refractivity contribution in [2.45, 2.75) is 57.8 Å². The lowest BCUT2D eigenvalue weighted by Gasteiger charge is -2.28. The number of primary amides is 1. The summed E-state index contributed by atoms with van der Waals surface area (Å²) in [6.07, 6.45) is 9.78. The van der Waals surface area contributed by atoms with E-state index in [9.17, 15) is 4.79 Å². The Morgan fingerprint density at radius 3 is 2.63 bits per heavy atom. The second-order valence-corrected chi connectivity index (χ2v) is 8.65. The molecule has 4 heteroatoms.